The molecule has 1 aliphatic heterocycles. The highest BCUT2D eigenvalue weighted by Crippen LogP contribution is 2.20. The minimum Gasteiger partial charge on any atom is -0.398 e. The number of benzene rings is 1. The van der Waals surface area contributed by atoms with E-state index in [1.807, 2.05) is 0 Å². The van der Waals surface area contributed by atoms with Gasteiger partial charge < -0.3 is 11.1 Å². The lowest BCUT2D eigenvalue weighted by molar-refractivity contribution is -0.384. The Labute approximate surface area is 121 Å². The fourth-order valence-corrected chi connectivity index (χ4v) is 3.64. The van der Waals surface area contributed by atoms with E-state index in [0.717, 1.165) is 6.07 Å². The van der Waals surface area contributed by atoms with E-state index in [0.29, 0.717) is 12.8 Å². The lowest BCUT2D eigenvalue weighted by Crippen LogP contribution is -2.41. The molecular weight excluding hydrogens is 298 g/mol. The van der Waals surface area contributed by atoms with Crippen molar-refractivity contribution in [1.82, 2.24) is 5.32 Å². The Morgan fingerprint density at radius 1 is 1.33 bits per heavy atom. The Bertz CT molecular complexity index is 672. The van der Waals surface area contributed by atoms with Crippen LogP contribution < -0.4 is 11.1 Å². The van der Waals surface area contributed by atoms with E-state index >= 15 is 0 Å². The summed E-state index contributed by atoms with van der Waals surface area (Å²) in [5, 5.41) is 13.4. The number of hydrogen-bond donors (Lipinski definition) is 2. The van der Waals surface area contributed by atoms with Crippen LogP contribution >= 0.6 is 0 Å². The summed E-state index contributed by atoms with van der Waals surface area (Å²) in [4.78, 5) is 22.2. The van der Waals surface area contributed by atoms with Crippen LogP contribution in [0.5, 0.6) is 0 Å². The number of non-ortho nitro benzene ring substituents is 1. The van der Waals surface area contributed by atoms with Crippen molar-refractivity contribution in [3.05, 3.63) is 33.9 Å². The average molecular weight is 313 g/mol. The molecule has 1 aromatic rings. The van der Waals surface area contributed by atoms with Crippen LogP contribution in [0.4, 0.5) is 11.4 Å². The monoisotopic (exact) mass is 313 g/mol. The van der Waals surface area contributed by atoms with Crippen LogP contribution in [-0.4, -0.2) is 36.8 Å². The van der Waals surface area contributed by atoms with E-state index in [9.17, 15) is 23.3 Å². The standard InChI is InChI=1S/C12H15N3O5S/c13-11-2-1-9(15(17)18)7-10(11)12(16)14-8-3-5-21(19,20)6-4-8/h1-2,7-8H,3-6,13H2,(H,14,16). The van der Waals surface area contributed by atoms with Crippen LogP contribution in [0.3, 0.4) is 0 Å². The third kappa shape index (κ3) is 3.69. The first-order chi connectivity index (χ1) is 9.78. The van der Waals surface area contributed by atoms with Gasteiger partial charge in [0, 0.05) is 23.9 Å². The highest BCUT2D eigenvalue weighted by atomic mass is 32.2. The van der Waals surface area contributed by atoms with Gasteiger partial charge in [-0.2, -0.15) is 0 Å². The Hall–Kier alpha value is -2.16. The smallest absolute Gasteiger partial charge is 0.270 e. The summed E-state index contributed by atoms with van der Waals surface area (Å²) in [5.41, 5.74) is 5.60. The second-order valence-electron chi connectivity index (χ2n) is 4.93. The number of hydrogen-bond acceptors (Lipinski definition) is 6. The molecule has 114 valence electrons. The molecule has 1 aliphatic rings. The van der Waals surface area contributed by atoms with E-state index < -0.39 is 20.7 Å². The number of anilines is 1. The number of sulfone groups is 1. The molecule has 9 heteroatoms. The van der Waals surface area contributed by atoms with Gasteiger partial charge in [0.15, 0.2) is 0 Å². The average Bonchev–Trinajstić information content (AvgIpc) is 2.41. The molecule has 0 aromatic heterocycles. The van der Waals surface area contributed by atoms with E-state index in [1.54, 1.807) is 0 Å². The van der Waals surface area contributed by atoms with Gasteiger partial charge in [0.1, 0.15) is 9.84 Å². The first kappa shape index (κ1) is 15.2. The van der Waals surface area contributed by atoms with Gasteiger partial charge in [-0.25, -0.2) is 8.42 Å². The van der Waals surface area contributed by atoms with E-state index in [1.165, 1.54) is 12.1 Å². The van der Waals surface area contributed by atoms with Crippen LogP contribution in [-0.2, 0) is 9.84 Å². The zero-order valence-electron chi connectivity index (χ0n) is 11.1. The van der Waals surface area contributed by atoms with Crippen molar-refractivity contribution < 1.29 is 18.1 Å². The van der Waals surface area contributed by atoms with Crippen molar-refractivity contribution in [3.8, 4) is 0 Å². The number of nitrogens with one attached hydrogen (secondary N) is 1. The molecule has 0 atom stereocenters. The Kier molecular flexibility index (Phi) is 4.12. The number of carbonyl (C=O) groups is 1. The summed E-state index contributed by atoms with van der Waals surface area (Å²) >= 11 is 0. The number of nitrogens with zero attached hydrogens (tertiary/aromatic N) is 1. The van der Waals surface area contributed by atoms with Crippen LogP contribution in [0.2, 0.25) is 0 Å². The number of nitro groups is 1. The molecule has 3 N–H and O–H groups in total. The third-order valence-electron chi connectivity index (χ3n) is 3.38. The van der Waals surface area contributed by atoms with Crippen molar-refractivity contribution in [2.75, 3.05) is 17.2 Å². The van der Waals surface area contributed by atoms with E-state index in [2.05, 4.69) is 5.32 Å². The molecule has 0 bridgehead atoms. The third-order valence-corrected chi connectivity index (χ3v) is 5.10. The molecule has 1 amide bonds. The maximum Gasteiger partial charge on any atom is 0.270 e. The predicted molar refractivity (Wildman–Crippen MR) is 76.7 cm³/mol. The summed E-state index contributed by atoms with van der Waals surface area (Å²) in [6.07, 6.45) is 0.672. The Morgan fingerprint density at radius 3 is 2.52 bits per heavy atom. The summed E-state index contributed by atoms with van der Waals surface area (Å²) < 4.78 is 22.6. The van der Waals surface area contributed by atoms with Gasteiger partial charge in [-0.15, -0.1) is 0 Å². The SMILES string of the molecule is Nc1ccc([N+](=O)[O-])cc1C(=O)NC1CCS(=O)(=O)CC1. The van der Waals surface area contributed by atoms with Crippen LogP contribution in [0.15, 0.2) is 18.2 Å². The zero-order chi connectivity index (χ0) is 15.6. The number of amides is 1. The summed E-state index contributed by atoms with van der Waals surface area (Å²) in [6, 6.07) is 3.38. The molecule has 0 spiro atoms. The molecule has 8 nitrogen and oxygen atoms in total. The molecule has 1 heterocycles. The van der Waals surface area contributed by atoms with Crippen LogP contribution in [0.1, 0.15) is 23.2 Å². The first-order valence-corrected chi connectivity index (χ1v) is 8.16. The van der Waals surface area contributed by atoms with Gasteiger partial charge in [-0.3, -0.25) is 14.9 Å². The van der Waals surface area contributed by atoms with Crippen molar-refractivity contribution in [2.45, 2.75) is 18.9 Å². The first-order valence-electron chi connectivity index (χ1n) is 6.34. The van der Waals surface area contributed by atoms with Gasteiger partial charge in [0.2, 0.25) is 0 Å². The van der Waals surface area contributed by atoms with Crippen LogP contribution in [0.25, 0.3) is 0 Å². The molecule has 0 saturated carbocycles. The van der Waals surface area contributed by atoms with Crippen molar-refractivity contribution in [2.24, 2.45) is 0 Å². The Balaban J connectivity index is 2.10. The second-order valence-corrected chi connectivity index (χ2v) is 7.23. The highest BCUT2D eigenvalue weighted by molar-refractivity contribution is 7.91. The topological polar surface area (TPSA) is 132 Å². The quantitative estimate of drug-likeness (QED) is 0.474. The number of carbonyl (C=O) groups excluding carboxylic acids is 1. The zero-order valence-corrected chi connectivity index (χ0v) is 11.9. The van der Waals surface area contributed by atoms with Crippen molar-refractivity contribution in [1.29, 1.82) is 0 Å². The van der Waals surface area contributed by atoms with Gasteiger partial charge in [-0.05, 0) is 18.9 Å². The van der Waals surface area contributed by atoms with E-state index in [4.69, 9.17) is 5.73 Å². The predicted octanol–water partition coefficient (Wildman–Crippen LogP) is 0.484. The fraction of sp³-hybridized carbons (Fsp3) is 0.417. The minimum atomic E-state index is -3.01. The molecule has 0 radical (unpaired) electrons. The number of rotatable bonds is 3. The molecule has 2 rings (SSSR count). The molecule has 0 unspecified atom stereocenters. The summed E-state index contributed by atoms with van der Waals surface area (Å²) in [6.45, 7) is 0. The molecule has 0 aliphatic carbocycles. The molecule has 1 saturated heterocycles. The minimum absolute atomic E-state index is 0.0256. The molecule has 1 fully saturated rings. The van der Waals surface area contributed by atoms with Crippen LogP contribution in [0, 0.1) is 10.1 Å². The molecular formula is C12H15N3O5S. The number of nitro benzene ring substituents is 1. The number of nitrogen functional groups attached to an aromatic ring is 1. The van der Waals surface area contributed by atoms with E-state index in [-0.39, 0.29) is 34.5 Å². The normalized spacial score (nSPS) is 18.1. The van der Waals surface area contributed by atoms with Gasteiger partial charge >= 0.3 is 0 Å². The molecule has 21 heavy (non-hydrogen) atoms. The summed E-state index contributed by atoms with van der Waals surface area (Å²) in [5.74, 6) is -0.467. The summed E-state index contributed by atoms with van der Waals surface area (Å²) in [7, 11) is -3.01. The van der Waals surface area contributed by atoms with Gasteiger partial charge in [-0.1, -0.05) is 0 Å². The van der Waals surface area contributed by atoms with Crippen molar-refractivity contribution in [3.63, 3.8) is 0 Å². The Morgan fingerprint density at radius 2 is 1.95 bits per heavy atom. The maximum atomic E-state index is 12.1. The molecule has 1 aromatic carbocycles. The number of nitrogens with two attached hydrogens (primary N) is 1. The second kappa shape index (κ2) is 5.68. The van der Waals surface area contributed by atoms with Gasteiger partial charge in [0.25, 0.3) is 11.6 Å². The maximum absolute atomic E-state index is 12.1. The lowest BCUT2D eigenvalue weighted by Gasteiger charge is -2.23. The fourth-order valence-electron chi connectivity index (χ4n) is 2.15. The van der Waals surface area contributed by atoms with Gasteiger partial charge in [0.05, 0.1) is 22.0 Å². The van der Waals surface area contributed by atoms with Crippen molar-refractivity contribution >= 4 is 27.1 Å². The largest absolute Gasteiger partial charge is 0.398 e. The highest BCUT2D eigenvalue weighted by Gasteiger charge is 2.26. The lowest BCUT2D eigenvalue weighted by atomic mass is 10.1.